The third-order valence-corrected chi connectivity index (χ3v) is 6.48. The Morgan fingerprint density at radius 1 is 1.00 bits per heavy atom. The fraction of sp³-hybridized carbons (Fsp3) is 0.217. The van der Waals surface area contributed by atoms with Gasteiger partial charge in [-0.2, -0.15) is 0 Å². The van der Waals surface area contributed by atoms with Gasteiger partial charge in [0.15, 0.2) is 0 Å². The van der Waals surface area contributed by atoms with Crippen molar-refractivity contribution in [2.24, 2.45) is 0 Å². The van der Waals surface area contributed by atoms with Crippen LogP contribution in [0.2, 0.25) is 5.02 Å². The molecule has 2 amide bonds. The maximum absolute atomic E-state index is 14.1. The van der Waals surface area contributed by atoms with Gasteiger partial charge < -0.3 is 10.2 Å². The number of nitrogens with zero attached hydrogens (tertiary/aromatic N) is 2. The van der Waals surface area contributed by atoms with E-state index in [9.17, 15) is 14.0 Å². The Labute approximate surface area is 189 Å². The zero-order valence-electron chi connectivity index (χ0n) is 16.7. The first-order valence-corrected chi connectivity index (χ1v) is 11.2. The zero-order chi connectivity index (χ0) is 21.8. The average molecular weight is 458 g/mol. The lowest BCUT2D eigenvalue weighted by molar-refractivity contribution is 0.0628. The SMILES string of the molecule is O=C(Nc1ccccc1C(=O)N1CCN(Cc2c(F)cccc2Cl)CC1)c1cccs1. The van der Waals surface area contributed by atoms with Crippen LogP contribution >= 0.6 is 22.9 Å². The molecule has 0 aliphatic carbocycles. The minimum atomic E-state index is -0.318. The first-order valence-electron chi connectivity index (χ1n) is 9.91. The van der Waals surface area contributed by atoms with E-state index in [1.54, 1.807) is 47.4 Å². The van der Waals surface area contributed by atoms with Gasteiger partial charge in [0, 0.05) is 43.3 Å². The summed E-state index contributed by atoms with van der Waals surface area (Å²) in [5.74, 6) is -0.686. The highest BCUT2D eigenvalue weighted by atomic mass is 35.5. The first-order chi connectivity index (χ1) is 15.0. The lowest BCUT2D eigenvalue weighted by atomic mass is 10.1. The zero-order valence-corrected chi connectivity index (χ0v) is 18.3. The van der Waals surface area contributed by atoms with Crippen molar-refractivity contribution >= 4 is 40.4 Å². The topological polar surface area (TPSA) is 52.7 Å². The predicted octanol–water partition coefficient (Wildman–Crippen LogP) is 4.75. The summed E-state index contributed by atoms with van der Waals surface area (Å²) < 4.78 is 14.1. The van der Waals surface area contributed by atoms with Crippen LogP contribution in [0.25, 0.3) is 0 Å². The molecule has 2 heterocycles. The summed E-state index contributed by atoms with van der Waals surface area (Å²) in [6.45, 7) is 2.65. The van der Waals surface area contributed by atoms with Crippen LogP contribution in [0.1, 0.15) is 25.6 Å². The molecule has 8 heteroatoms. The van der Waals surface area contributed by atoms with E-state index >= 15 is 0 Å². The molecule has 31 heavy (non-hydrogen) atoms. The number of benzene rings is 2. The van der Waals surface area contributed by atoms with E-state index in [2.05, 4.69) is 10.2 Å². The molecule has 1 aliphatic heterocycles. The number of piperazine rings is 1. The van der Waals surface area contributed by atoms with E-state index in [4.69, 9.17) is 11.6 Å². The monoisotopic (exact) mass is 457 g/mol. The molecular formula is C23H21ClFN3O2S. The molecule has 0 unspecified atom stereocenters. The normalized spacial score (nSPS) is 14.5. The number of thiophene rings is 1. The second-order valence-corrected chi connectivity index (χ2v) is 8.60. The fourth-order valence-electron chi connectivity index (χ4n) is 3.56. The highest BCUT2D eigenvalue weighted by Gasteiger charge is 2.25. The number of anilines is 1. The van der Waals surface area contributed by atoms with Crippen molar-refractivity contribution in [3.8, 4) is 0 Å². The molecule has 0 radical (unpaired) electrons. The summed E-state index contributed by atoms with van der Waals surface area (Å²) in [6.07, 6.45) is 0. The molecule has 3 aromatic rings. The van der Waals surface area contributed by atoms with Crippen molar-refractivity contribution in [2.45, 2.75) is 6.54 Å². The van der Waals surface area contributed by atoms with Gasteiger partial charge in [0.05, 0.1) is 16.1 Å². The van der Waals surface area contributed by atoms with Gasteiger partial charge in [-0.1, -0.05) is 35.9 Å². The van der Waals surface area contributed by atoms with Crippen LogP contribution in [0.5, 0.6) is 0 Å². The molecule has 4 rings (SSSR count). The molecule has 1 aromatic heterocycles. The average Bonchev–Trinajstić information content (AvgIpc) is 3.32. The van der Waals surface area contributed by atoms with Crippen LogP contribution in [0.3, 0.4) is 0 Å². The van der Waals surface area contributed by atoms with Gasteiger partial charge in [-0.3, -0.25) is 14.5 Å². The maximum Gasteiger partial charge on any atom is 0.265 e. The molecule has 1 aliphatic rings. The Balaban J connectivity index is 1.40. The third kappa shape index (κ3) is 4.95. The fourth-order valence-corrected chi connectivity index (χ4v) is 4.40. The number of amides is 2. The van der Waals surface area contributed by atoms with Gasteiger partial charge in [0.2, 0.25) is 0 Å². The molecule has 0 spiro atoms. The highest BCUT2D eigenvalue weighted by Crippen LogP contribution is 2.23. The second-order valence-electron chi connectivity index (χ2n) is 7.25. The number of hydrogen-bond acceptors (Lipinski definition) is 4. The summed E-state index contributed by atoms with van der Waals surface area (Å²) >= 11 is 7.49. The lowest BCUT2D eigenvalue weighted by Gasteiger charge is -2.35. The molecule has 1 N–H and O–H groups in total. The summed E-state index contributed by atoms with van der Waals surface area (Å²) in [6, 6.07) is 15.3. The summed E-state index contributed by atoms with van der Waals surface area (Å²) in [4.78, 5) is 30.0. The Hall–Kier alpha value is -2.74. The molecular weight excluding hydrogens is 437 g/mol. The van der Waals surface area contributed by atoms with Crippen molar-refractivity contribution in [1.82, 2.24) is 9.80 Å². The molecule has 1 saturated heterocycles. The Kier molecular flexibility index (Phi) is 6.65. The number of hydrogen-bond donors (Lipinski definition) is 1. The summed E-state index contributed by atoms with van der Waals surface area (Å²) in [5, 5.41) is 5.09. The van der Waals surface area contributed by atoms with E-state index in [1.807, 2.05) is 11.4 Å². The lowest BCUT2D eigenvalue weighted by Crippen LogP contribution is -2.48. The molecule has 2 aromatic carbocycles. The first kappa shape index (κ1) is 21.5. The number of nitrogens with one attached hydrogen (secondary N) is 1. The quantitative estimate of drug-likeness (QED) is 0.601. The van der Waals surface area contributed by atoms with Crippen molar-refractivity contribution in [3.05, 3.63) is 86.8 Å². The smallest absolute Gasteiger partial charge is 0.265 e. The molecule has 0 bridgehead atoms. The number of rotatable bonds is 5. The van der Waals surface area contributed by atoms with Crippen LogP contribution in [0, 0.1) is 5.82 Å². The largest absolute Gasteiger partial charge is 0.336 e. The Morgan fingerprint density at radius 2 is 1.77 bits per heavy atom. The number of halogens is 2. The van der Waals surface area contributed by atoms with E-state index in [1.165, 1.54) is 17.4 Å². The van der Waals surface area contributed by atoms with E-state index in [0.29, 0.717) is 59.4 Å². The van der Waals surface area contributed by atoms with E-state index in [-0.39, 0.29) is 17.6 Å². The molecule has 160 valence electrons. The van der Waals surface area contributed by atoms with Gasteiger partial charge in [-0.15, -0.1) is 11.3 Å². The van der Waals surface area contributed by atoms with Crippen LogP contribution in [-0.2, 0) is 6.54 Å². The van der Waals surface area contributed by atoms with Gasteiger partial charge in [-0.25, -0.2) is 4.39 Å². The summed E-state index contributed by atoms with van der Waals surface area (Å²) in [5.41, 5.74) is 1.43. The van der Waals surface area contributed by atoms with Crippen LogP contribution in [0.4, 0.5) is 10.1 Å². The van der Waals surface area contributed by atoms with Gasteiger partial charge in [0.1, 0.15) is 5.82 Å². The predicted molar refractivity (Wildman–Crippen MR) is 121 cm³/mol. The second kappa shape index (κ2) is 9.60. The van der Waals surface area contributed by atoms with Crippen LogP contribution in [-0.4, -0.2) is 47.8 Å². The number of carbonyl (C=O) groups is 2. The Bertz CT molecular complexity index is 1060. The standard InChI is InChI=1S/C23H21ClFN3O2S/c24-18-6-3-7-19(25)17(18)15-27-10-12-28(13-11-27)23(30)16-5-1-2-8-20(16)26-22(29)21-9-4-14-31-21/h1-9,14H,10-13,15H2,(H,26,29). The minimum absolute atomic E-state index is 0.134. The van der Waals surface area contributed by atoms with Crippen LogP contribution in [0.15, 0.2) is 60.0 Å². The van der Waals surface area contributed by atoms with E-state index < -0.39 is 0 Å². The van der Waals surface area contributed by atoms with Crippen molar-refractivity contribution in [1.29, 1.82) is 0 Å². The maximum atomic E-state index is 14.1. The van der Waals surface area contributed by atoms with Gasteiger partial charge >= 0.3 is 0 Å². The van der Waals surface area contributed by atoms with Gasteiger partial charge in [0.25, 0.3) is 11.8 Å². The highest BCUT2D eigenvalue weighted by molar-refractivity contribution is 7.12. The summed E-state index contributed by atoms with van der Waals surface area (Å²) in [7, 11) is 0. The van der Waals surface area contributed by atoms with Crippen LogP contribution < -0.4 is 5.32 Å². The number of para-hydroxylation sites is 1. The van der Waals surface area contributed by atoms with E-state index in [0.717, 1.165) is 0 Å². The molecule has 0 saturated carbocycles. The van der Waals surface area contributed by atoms with Crippen molar-refractivity contribution in [2.75, 3.05) is 31.5 Å². The van der Waals surface area contributed by atoms with Crippen molar-refractivity contribution < 1.29 is 14.0 Å². The number of carbonyl (C=O) groups excluding carboxylic acids is 2. The van der Waals surface area contributed by atoms with Gasteiger partial charge in [-0.05, 0) is 35.7 Å². The molecule has 5 nitrogen and oxygen atoms in total. The molecule has 1 fully saturated rings. The minimum Gasteiger partial charge on any atom is -0.336 e. The van der Waals surface area contributed by atoms with Crippen molar-refractivity contribution in [3.63, 3.8) is 0 Å². The Morgan fingerprint density at radius 3 is 2.48 bits per heavy atom. The molecule has 0 atom stereocenters. The third-order valence-electron chi connectivity index (χ3n) is 5.25.